The zero-order chi connectivity index (χ0) is 9.80. The molecule has 86 valence electrons. The number of halogens is 2. The SMILES string of the molecule is Cl.Cl.Nc1cccc(Nc2ccncc2)c1. The van der Waals surface area contributed by atoms with Crippen LogP contribution in [0.15, 0.2) is 48.8 Å². The summed E-state index contributed by atoms with van der Waals surface area (Å²) in [7, 11) is 0. The average molecular weight is 258 g/mol. The second-order valence-corrected chi connectivity index (χ2v) is 2.99. The first-order valence-corrected chi connectivity index (χ1v) is 4.37. The molecule has 0 spiro atoms. The van der Waals surface area contributed by atoms with Gasteiger partial charge in [-0.25, -0.2) is 0 Å². The molecule has 3 nitrogen and oxygen atoms in total. The molecule has 1 aromatic heterocycles. The smallest absolute Gasteiger partial charge is 0.0415 e. The maximum atomic E-state index is 5.66. The van der Waals surface area contributed by atoms with Gasteiger partial charge < -0.3 is 11.1 Å². The summed E-state index contributed by atoms with van der Waals surface area (Å²) in [5.74, 6) is 0. The molecule has 1 aromatic carbocycles. The van der Waals surface area contributed by atoms with Crippen molar-refractivity contribution in [2.75, 3.05) is 11.1 Å². The van der Waals surface area contributed by atoms with E-state index in [0.717, 1.165) is 17.1 Å². The number of aromatic nitrogens is 1. The third kappa shape index (κ3) is 3.96. The first kappa shape index (κ1) is 14.6. The van der Waals surface area contributed by atoms with Gasteiger partial charge in [0.1, 0.15) is 0 Å². The maximum Gasteiger partial charge on any atom is 0.0415 e. The Labute approximate surface area is 107 Å². The molecule has 16 heavy (non-hydrogen) atoms. The highest BCUT2D eigenvalue weighted by Gasteiger charge is 1.93. The van der Waals surface area contributed by atoms with Crippen molar-refractivity contribution in [3.63, 3.8) is 0 Å². The number of hydrogen-bond donors (Lipinski definition) is 2. The Bertz CT molecular complexity index is 421. The normalized spacial score (nSPS) is 8.50. The van der Waals surface area contributed by atoms with Crippen LogP contribution in [0.4, 0.5) is 17.1 Å². The Morgan fingerprint density at radius 3 is 2.25 bits per heavy atom. The second-order valence-electron chi connectivity index (χ2n) is 2.99. The number of rotatable bonds is 2. The first-order chi connectivity index (χ1) is 6.84. The predicted octanol–water partition coefficient (Wildman–Crippen LogP) is 3.25. The highest BCUT2D eigenvalue weighted by molar-refractivity contribution is 5.85. The average Bonchev–Trinajstić information content (AvgIpc) is 2.19. The molecule has 0 atom stereocenters. The molecule has 0 radical (unpaired) electrons. The molecule has 5 heteroatoms. The monoisotopic (exact) mass is 257 g/mol. The Balaban J connectivity index is 0.00000112. The lowest BCUT2D eigenvalue weighted by Crippen LogP contribution is -1.91. The second kappa shape index (κ2) is 6.93. The molecule has 0 bridgehead atoms. The van der Waals surface area contributed by atoms with Crippen LogP contribution in [0.2, 0.25) is 0 Å². The van der Waals surface area contributed by atoms with Gasteiger partial charge in [0.25, 0.3) is 0 Å². The summed E-state index contributed by atoms with van der Waals surface area (Å²) in [6, 6.07) is 11.4. The van der Waals surface area contributed by atoms with E-state index in [1.54, 1.807) is 12.4 Å². The van der Waals surface area contributed by atoms with E-state index in [0.29, 0.717) is 0 Å². The fourth-order valence-corrected chi connectivity index (χ4v) is 1.22. The van der Waals surface area contributed by atoms with Gasteiger partial charge in [-0.05, 0) is 30.3 Å². The van der Waals surface area contributed by atoms with E-state index in [4.69, 9.17) is 5.73 Å². The van der Waals surface area contributed by atoms with Gasteiger partial charge in [-0.1, -0.05) is 6.07 Å². The highest BCUT2D eigenvalue weighted by atomic mass is 35.5. The zero-order valence-electron chi connectivity index (χ0n) is 8.46. The van der Waals surface area contributed by atoms with Crippen LogP contribution in [-0.2, 0) is 0 Å². The number of nitrogens with two attached hydrogens (primary N) is 1. The number of nitrogens with zero attached hydrogens (tertiary/aromatic N) is 1. The van der Waals surface area contributed by atoms with Crippen LogP contribution in [0.1, 0.15) is 0 Å². The summed E-state index contributed by atoms with van der Waals surface area (Å²) in [5.41, 5.74) is 8.40. The van der Waals surface area contributed by atoms with Crippen LogP contribution in [-0.4, -0.2) is 4.98 Å². The number of benzene rings is 1. The summed E-state index contributed by atoms with van der Waals surface area (Å²) in [6.07, 6.45) is 3.49. The third-order valence-corrected chi connectivity index (χ3v) is 1.86. The molecule has 0 saturated heterocycles. The van der Waals surface area contributed by atoms with Gasteiger partial charge in [-0.3, -0.25) is 4.98 Å². The molecular weight excluding hydrogens is 245 g/mol. The number of nitrogens with one attached hydrogen (secondary N) is 1. The van der Waals surface area contributed by atoms with Crippen LogP contribution in [0.5, 0.6) is 0 Å². The standard InChI is InChI=1S/C11H11N3.2ClH/c12-9-2-1-3-11(8-9)14-10-4-6-13-7-5-10;;/h1-8H,12H2,(H,13,14);2*1H. The lowest BCUT2D eigenvalue weighted by molar-refractivity contribution is 1.32. The predicted molar refractivity (Wildman–Crippen MR) is 72.9 cm³/mol. The number of anilines is 3. The molecule has 0 aliphatic rings. The summed E-state index contributed by atoms with van der Waals surface area (Å²) in [6.45, 7) is 0. The summed E-state index contributed by atoms with van der Waals surface area (Å²) < 4.78 is 0. The van der Waals surface area contributed by atoms with Gasteiger partial charge in [-0.2, -0.15) is 0 Å². The minimum absolute atomic E-state index is 0. The number of hydrogen-bond acceptors (Lipinski definition) is 3. The van der Waals surface area contributed by atoms with Crippen LogP contribution in [0.25, 0.3) is 0 Å². The van der Waals surface area contributed by atoms with Crippen molar-refractivity contribution in [3.05, 3.63) is 48.8 Å². The fraction of sp³-hybridized carbons (Fsp3) is 0. The Morgan fingerprint density at radius 2 is 1.62 bits per heavy atom. The van der Waals surface area contributed by atoms with Crippen LogP contribution < -0.4 is 11.1 Å². The van der Waals surface area contributed by atoms with Crippen LogP contribution in [0, 0.1) is 0 Å². The molecular formula is C11H13Cl2N3. The molecule has 1 heterocycles. The molecule has 0 amide bonds. The van der Waals surface area contributed by atoms with E-state index in [9.17, 15) is 0 Å². The number of nitrogen functional groups attached to an aromatic ring is 1. The fourth-order valence-electron chi connectivity index (χ4n) is 1.22. The zero-order valence-corrected chi connectivity index (χ0v) is 10.1. The minimum atomic E-state index is 0. The topological polar surface area (TPSA) is 50.9 Å². The molecule has 0 aliphatic heterocycles. The molecule has 2 rings (SSSR count). The quantitative estimate of drug-likeness (QED) is 0.813. The molecule has 3 N–H and O–H groups in total. The summed E-state index contributed by atoms with van der Waals surface area (Å²) in [5, 5.41) is 3.22. The third-order valence-electron chi connectivity index (χ3n) is 1.86. The van der Waals surface area contributed by atoms with E-state index < -0.39 is 0 Å². The van der Waals surface area contributed by atoms with Crippen molar-refractivity contribution >= 4 is 41.9 Å². The Hall–Kier alpha value is -1.45. The van der Waals surface area contributed by atoms with Gasteiger partial charge in [0.2, 0.25) is 0 Å². The number of pyridine rings is 1. The van der Waals surface area contributed by atoms with E-state index >= 15 is 0 Å². The molecule has 0 aliphatic carbocycles. The Kier molecular flexibility index (Phi) is 6.30. The van der Waals surface area contributed by atoms with Crippen LogP contribution >= 0.6 is 24.8 Å². The van der Waals surface area contributed by atoms with Crippen molar-refractivity contribution in [3.8, 4) is 0 Å². The van der Waals surface area contributed by atoms with Crippen molar-refractivity contribution < 1.29 is 0 Å². The van der Waals surface area contributed by atoms with E-state index in [-0.39, 0.29) is 24.8 Å². The highest BCUT2D eigenvalue weighted by Crippen LogP contribution is 2.17. The van der Waals surface area contributed by atoms with Crippen molar-refractivity contribution in [1.29, 1.82) is 0 Å². The minimum Gasteiger partial charge on any atom is -0.399 e. The van der Waals surface area contributed by atoms with Crippen molar-refractivity contribution in [1.82, 2.24) is 4.98 Å². The molecule has 0 fully saturated rings. The molecule has 0 saturated carbocycles. The summed E-state index contributed by atoms with van der Waals surface area (Å²) >= 11 is 0. The Morgan fingerprint density at radius 1 is 0.938 bits per heavy atom. The van der Waals surface area contributed by atoms with Gasteiger partial charge in [-0.15, -0.1) is 24.8 Å². The summed E-state index contributed by atoms with van der Waals surface area (Å²) in [4.78, 5) is 3.94. The lowest BCUT2D eigenvalue weighted by atomic mass is 10.2. The maximum absolute atomic E-state index is 5.66. The lowest BCUT2D eigenvalue weighted by Gasteiger charge is -2.05. The van der Waals surface area contributed by atoms with Gasteiger partial charge in [0, 0.05) is 29.5 Å². The first-order valence-electron chi connectivity index (χ1n) is 4.37. The van der Waals surface area contributed by atoms with E-state index in [1.807, 2.05) is 36.4 Å². The largest absolute Gasteiger partial charge is 0.399 e. The van der Waals surface area contributed by atoms with Crippen molar-refractivity contribution in [2.24, 2.45) is 0 Å². The van der Waals surface area contributed by atoms with Gasteiger partial charge >= 0.3 is 0 Å². The van der Waals surface area contributed by atoms with Gasteiger partial charge in [0.05, 0.1) is 0 Å². The molecule has 2 aromatic rings. The van der Waals surface area contributed by atoms with Crippen molar-refractivity contribution in [2.45, 2.75) is 0 Å². The van der Waals surface area contributed by atoms with Gasteiger partial charge in [0.15, 0.2) is 0 Å². The van der Waals surface area contributed by atoms with E-state index in [1.165, 1.54) is 0 Å². The van der Waals surface area contributed by atoms with Crippen LogP contribution in [0.3, 0.4) is 0 Å². The molecule has 0 unspecified atom stereocenters. The van der Waals surface area contributed by atoms with E-state index in [2.05, 4.69) is 10.3 Å².